The van der Waals surface area contributed by atoms with E-state index in [1.807, 2.05) is 18.4 Å². The minimum Gasteiger partial charge on any atom is -0.387 e. The van der Waals surface area contributed by atoms with E-state index in [0.29, 0.717) is 12.3 Å². The van der Waals surface area contributed by atoms with Crippen molar-refractivity contribution in [2.45, 2.75) is 45.3 Å². The maximum Gasteiger partial charge on any atom is 0.315 e. The van der Waals surface area contributed by atoms with Crippen LogP contribution < -0.4 is 10.6 Å². The van der Waals surface area contributed by atoms with Gasteiger partial charge in [0.2, 0.25) is 0 Å². The molecule has 2 amide bonds. The molecule has 3 N–H and O–H groups in total. The Balaban J connectivity index is 2.41. The second-order valence-corrected chi connectivity index (χ2v) is 7.78. The second kappa shape index (κ2) is 7.88. The zero-order chi connectivity index (χ0) is 16.8. The van der Waals surface area contributed by atoms with E-state index in [4.69, 9.17) is 0 Å². The fourth-order valence-electron chi connectivity index (χ4n) is 2.00. The minimum absolute atomic E-state index is 0.131. The molecule has 1 atom stereocenters. The Hall–Kier alpha value is -1.20. The number of amides is 2. The summed E-state index contributed by atoms with van der Waals surface area (Å²) < 4.78 is 0. The predicted octanol–water partition coefficient (Wildman–Crippen LogP) is 2.90. The van der Waals surface area contributed by atoms with E-state index in [1.54, 1.807) is 18.7 Å². The normalized spacial score (nSPS) is 14.3. The molecule has 0 aliphatic rings. The van der Waals surface area contributed by atoms with Gasteiger partial charge < -0.3 is 15.7 Å². The van der Waals surface area contributed by atoms with Gasteiger partial charge in [0.05, 0.1) is 5.60 Å². The van der Waals surface area contributed by atoms with Gasteiger partial charge in [-0.2, -0.15) is 11.8 Å². The monoisotopic (exact) mass is 324 g/mol. The van der Waals surface area contributed by atoms with Crippen LogP contribution in [0.1, 0.15) is 38.8 Å². The van der Waals surface area contributed by atoms with Crippen LogP contribution in [0, 0.1) is 0 Å². The highest BCUT2D eigenvalue weighted by atomic mass is 32.2. The predicted molar refractivity (Wildman–Crippen MR) is 94.4 cm³/mol. The number of urea groups is 1. The molecule has 1 aromatic rings. The maximum absolute atomic E-state index is 11.8. The largest absolute Gasteiger partial charge is 0.387 e. The molecular formula is C17H28N2O2S. The highest BCUT2D eigenvalue weighted by Crippen LogP contribution is 2.22. The van der Waals surface area contributed by atoms with Crippen LogP contribution in [-0.4, -0.2) is 35.3 Å². The summed E-state index contributed by atoms with van der Waals surface area (Å²) in [4.78, 5) is 11.8. The SMILES string of the molecule is CSCC(C)(O)CNC(=O)NCc1ccc(C(C)(C)C)cc1. The number of thioether (sulfide) groups is 1. The van der Waals surface area contributed by atoms with Crippen molar-refractivity contribution in [2.75, 3.05) is 18.6 Å². The summed E-state index contributed by atoms with van der Waals surface area (Å²) in [5.74, 6) is 0.585. The first kappa shape index (κ1) is 18.8. The fraction of sp³-hybridized carbons (Fsp3) is 0.588. The molecule has 0 aliphatic carbocycles. The third kappa shape index (κ3) is 6.71. The number of rotatable bonds is 6. The van der Waals surface area contributed by atoms with Gasteiger partial charge in [0.25, 0.3) is 0 Å². The molecule has 5 heteroatoms. The van der Waals surface area contributed by atoms with Crippen molar-refractivity contribution < 1.29 is 9.90 Å². The molecule has 4 nitrogen and oxygen atoms in total. The van der Waals surface area contributed by atoms with Crippen molar-refractivity contribution >= 4 is 17.8 Å². The number of nitrogens with one attached hydrogen (secondary N) is 2. The number of carbonyl (C=O) groups excluding carboxylic acids is 1. The molecule has 22 heavy (non-hydrogen) atoms. The van der Waals surface area contributed by atoms with Crippen molar-refractivity contribution in [1.82, 2.24) is 10.6 Å². The lowest BCUT2D eigenvalue weighted by Gasteiger charge is -2.22. The Labute approximate surface area is 138 Å². The Morgan fingerprint density at radius 3 is 2.23 bits per heavy atom. The van der Waals surface area contributed by atoms with Gasteiger partial charge in [-0.1, -0.05) is 45.0 Å². The third-order valence-corrected chi connectivity index (χ3v) is 4.27. The smallest absolute Gasteiger partial charge is 0.315 e. The van der Waals surface area contributed by atoms with Crippen molar-refractivity contribution in [1.29, 1.82) is 0 Å². The molecule has 0 saturated carbocycles. The molecule has 1 rings (SSSR count). The van der Waals surface area contributed by atoms with Gasteiger partial charge in [0, 0.05) is 18.8 Å². The second-order valence-electron chi connectivity index (χ2n) is 6.91. The van der Waals surface area contributed by atoms with Gasteiger partial charge in [-0.3, -0.25) is 0 Å². The van der Waals surface area contributed by atoms with E-state index in [1.165, 1.54) is 5.56 Å². The minimum atomic E-state index is -0.884. The first-order valence-electron chi connectivity index (χ1n) is 7.46. The fourth-order valence-corrected chi connectivity index (χ4v) is 2.72. The van der Waals surface area contributed by atoms with E-state index in [0.717, 1.165) is 5.56 Å². The van der Waals surface area contributed by atoms with Crippen LogP contribution >= 0.6 is 11.8 Å². The Kier molecular flexibility index (Phi) is 6.75. The number of benzene rings is 1. The first-order valence-corrected chi connectivity index (χ1v) is 8.86. The maximum atomic E-state index is 11.8. The molecule has 0 radical (unpaired) electrons. The summed E-state index contributed by atoms with van der Waals surface area (Å²) in [5, 5.41) is 15.5. The topological polar surface area (TPSA) is 61.4 Å². The molecule has 0 heterocycles. The van der Waals surface area contributed by atoms with Crippen LogP contribution in [0.25, 0.3) is 0 Å². The Morgan fingerprint density at radius 2 is 1.73 bits per heavy atom. The lowest BCUT2D eigenvalue weighted by atomic mass is 9.87. The molecule has 0 aromatic heterocycles. The van der Waals surface area contributed by atoms with Gasteiger partial charge in [0.15, 0.2) is 0 Å². The number of hydrogen-bond acceptors (Lipinski definition) is 3. The summed E-state index contributed by atoms with van der Waals surface area (Å²) in [5.41, 5.74) is 1.57. The molecule has 0 fully saturated rings. The first-order chi connectivity index (χ1) is 10.1. The number of carbonyl (C=O) groups is 1. The highest BCUT2D eigenvalue weighted by Gasteiger charge is 2.20. The molecule has 0 saturated heterocycles. The molecule has 124 valence electrons. The number of hydrogen-bond donors (Lipinski definition) is 3. The lowest BCUT2D eigenvalue weighted by Crippen LogP contribution is -2.45. The summed E-state index contributed by atoms with van der Waals surface area (Å²) in [7, 11) is 0. The Bertz CT molecular complexity index is 478. The average Bonchev–Trinajstić information content (AvgIpc) is 2.42. The summed E-state index contributed by atoms with van der Waals surface area (Å²) in [6.07, 6.45) is 1.93. The van der Waals surface area contributed by atoms with Gasteiger partial charge in [-0.05, 0) is 29.7 Å². The van der Waals surface area contributed by atoms with Crippen LogP contribution in [0.4, 0.5) is 4.79 Å². The van der Waals surface area contributed by atoms with E-state index in [9.17, 15) is 9.90 Å². The molecule has 0 aliphatic heterocycles. The highest BCUT2D eigenvalue weighted by molar-refractivity contribution is 7.98. The molecule has 0 spiro atoms. The van der Waals surface area contributed by atoms with Crippen molar-refractivity contribution in [2.24, 2.45) is 0 Å². The average molecular weight is 324 g/mol. The standard InChI is InChI=1S/C17H28N2O2S/c1-16(2,3)14-8-6-13(7-9-14)10-18-15(20)19-11-17(4,21)12-22-5/h6-9,21H,10-12H2,1-5H3,(H2,18,19,20). The zero-order valence-corrected chi connectivity index (χ0v) is 15.0. The zero-order valence-electron chi connectivity index (χ0n) is 14.2. The van der Waals surface area contributed by atoms with E-state index in [-0.39, 0.29) is 18.0 Å². The lowest BCUT2D eigenvalue weighted by molar-refractivity contribution is 0.0869. The van der Waals surface area contributed by atoms with Crippen LogP contribution in [0.5, 0.6) is 0 Å². The number of aliphatic hydroxyl groups is 1. The quantitative estimate of drug-likeness (QED) is 0.754. The van der Waals surface area contributed by atoms with Gasteiger partial charge in [-0.25, -0.2) is 4.79 Å². The molecule has 1 unspecified atom stereocenters. The van der Waals surface area contributed by atoms with E-state index < -0.39 is 5.60 Å². The van der Waals surface area contributed by atoms with Gasteiger partial charge >= 0.3 is 6.03 Å². The van der Waals surface area contributed by atoms with E-state index in [2.05, 4.69) is 43.5 Å². The summed E-state index contributed by atoms with van der Waals surface area (Å²) >= 11 is 1.55. The molecule has 1 aromatic carbocycles. The molecular weight excluding hydrogens is 296 g/mol. The summed E-state index contributed by atoms with van der Waals surface area (Å²) in [6.45, 7) is 8.95. The Morgan fingerprint density at radius 1 is 1.14 bits per heavy atom. The summed E-state index contributed by atoms with van der Waals surface area (Å²) in [6, 6.07) is 7.99. The van der Waals surface area contributed by atoms with Crippen molar-refractivity contribution in [3.63, 3.8) is 0 Å². The van der Waals surface area contributed by atoms with Crippen LogP contribution in [0.3, 0.4) is 0 Å². The van der Waals surface area contributed by atoms with Gasteiger partial charge in [0.1, 0.15) is 0 Å². The van der Waals surface area contributed by atoms with Gasteiger partial charge in [-0.15, -0.1) is 0 Å². The van der Waals surface area contributed by atoms with Crippen LogP contribution in [-0.2, 0) is 12.0 Å². The van der Waals surface area contributed by atoms with Crippen LogP contribution in [0.15, 0.2) is 24.3 Å². The van der Waals surface area contributed by atoms with Crippen molar-refractivity contribution in [3.8, 4) is 0 Å². The molecule has 0 bridgehead atoms. The van der Waals surface area contributed by atoms with E-state index >= 15 is 0 Å². The third-order valence-electron chi connectivity index (χ3n) is 3.36. The van der Waals surface area contributed by atoms with Crippen molar-refractivity contribution in [3.05, 3.63) is 35.4 Å². The van der Waals surface area contributed by atoms with Crippen LogP contribution in [0.2, 0.25) is 0 Å².